The number of aromatic nitrogens is 4. The van der Waals surface area contributed by atoms with Crippen molar-refractivity contribution in [2.45, 2.75) is 5.16 Å². The van der Waals surface area contributed by atoms with Crippen LogP contribution in [0.25, 0.3) is 5.69 Å². The van der Waals surface area contributed by atoms with Gasteiger partial charge >= 0.3 is 0 Å². The number of methoxy groups -OCH3 is 1. The van der Waals surface area contributed by atoms with Crippen LogP contribution in [0.1, 0.15) is 5.56 Å². The molecular weight excluding hydrogens is 388 g/mol. The number of nitrogens with zero attached hydrogens (tertiary/aromatic N) is 5. The number of amides is 1. The highest BCUT2D eigenvalue weighted by molar-refractivity contribution is 7.99. The average Bonchev–Trinajstić information content (AvgIpc) is 3.15. The zero-order chi connectivity index (χ0) is 19.2. The fourth-order valence-corrected chi connectivity index (χ4v) is 3.05. The van der Waals surface area contributed by atoms with E-state index >= 15 is 0 Å². The van der Waals surface area contributed by atoms with E-state index in [4.69, 9.17) is 21.6 Å². The molecule has 1 N–H and O–H groups in total. The smallest absolute Gasteiger partial charge is 0.234 e. The molecule has 8 nitrogen and oxygen atoms in total. The second kappa shape index (κ2) is 8.53. The molecule has 0 aliphatic carbocycles. The number of rotatable bonds is 6. The van der Waals surface area contributed by atoms with Crippen molar-refractivity contribution < 1.29 is 9.53 Å². The lowest BCUT2D eigenvalue weighted by atomic mass is 10.2. The van der Waals surface area contributed by atoms with Crippen molar-refractivity contribution >= 4 is 35.0 Å². The summed E-state index contributed by atoms with van der Waals surface area (Å²) in [5.41, 5.74) is 1.44. The molecule has 3 rings (SSSR count). The minimum atomic E-state index is -0.303. The molecule has 0 bridgehead atoms. The van der Waals surface area contributed by atoms with E-state index in [0.717, 1.165) is 11.4 Å². The summed E-state index contributed by atoms with van der Waals surface area (Å²) in [6, 6.07) is 13.9. The molecule has 0 fully saturated rings. The summed E-state index contributed by atoms with van der Waals surface area (Å²) in [7, 11) is 1.59. The number of anilines is 1. The van der Waals surface area contributed by atoms with Gasteiger partial charge in [-0.05, 0) is 52.9 Å². The van der Waals surface area contributed by atoms with Crippen molar-refractivity contribution in [2.24, 2.45) is 0 Å². The van der Waals surface area contributed by atoms with Crippen molar-refractivity contribution in [3.8, 4) is 17.5 Å². The monoisotopic (exact) mass is 400 g/mol. The van der Waals surface area contributed by atoms with Gasteiger partial charge in [0.25, 0.3) is 0 Å². The molecule has 136 valence electrons. The Hall–Kier alpha value is -3.09. The maximum atomic E-state index is 12.2. The van der Waals surface area contributed by atoms with Crippen LogP contribution in [0.15, 0.2) is 47.6 Å². The van der Waals surface area contributed by atoms with Crippen LogP contribution < -0.4 is 10.1 Å². The maximum Gasteiger partial charge on any atom is 0.234 e. The van der Waals surface area contributed by atoms with Crippen LogP contribution in [0.3, 0.4) is 0 Å². The highest BCUT2D eigenvalue weighted by atomic mass is 35.5. The minimum Gasteiger partial charge on any atom is -0.497 e. The number of nitrogens with one attached hydrogen (secondary N) is 1. The molecule has 0 aliphatic rings. The molecule has 0 saturated carbocycles. The highest BCUT2D eigenvalue weighted by Crippen LogP contribution is 2.23. The number of nitriles is 1. The van der Waals surface area contributed by atoms with Crippen LogP contribution in [-0.4, -0.2) is 39.0 Å². The Kier molecular flexibility index (Phi) is 5.90. The number of thioether (sulfide) groups is 1. The van der Waals surface area contributed by atoms with E-state index in [9.17, 15) is 4.79 Å². The summed E-state index contributed by atoms with van der Waals surface area (Å²) in [6.07, 6.45) is 0. The zero-order valence-electron chi connectivity index (χ0n) is 14.1. The second-order valence-corrected chi connectivity index (χ2v) is 6.59. The Bertz CT molecular complexity index is 999. The lowest BCUT2D eigenvalue weighted by Gasteiger charge is -2.08. The number of benzene rings is 2. The molecule has 0 atom stereocenters. The molecule has 1 amide bonds. The Morgan fingerprint density at radius 2 is 2.11 bits per heavy atom. The maximum absolute atomic E-state index is 12.2. The molecule has 27 heavy (non-hydrogen) atoms. The molecule has 0 unspecified atom stereocenters. The van der Waals surface area contributed by atoms with Gasteiger partial charge in [-0.3, -0.25) is 4.79 Å². The van der Waals surface area contributed by atoms with E-state index in [1.165, 1.54) is 22.5 Å². The van der Waals surface area contributed by atoms with Gasteiger partial charge in [-0.25, -0.2) is 0 Å². The molecule has 1 aromatic heterocycles. The summed E-state index contributed by atoms with van der Waals surface area (Å²) < 4.78 is 6.65. The van der Waals surface area contributed by atoms with Gasteiger partial charge in [0.05, 0.1) is 29.8 Å². The van der Waals surface area contributed by atoms with E-state index in [1.807, 2.05) is 18.2 Å². The van der Waals surface area contributed by atoms with Crippen LogP contribution in [0.5, 0.6) is 5.75 Å². The standard InChI is InChI=1S/C17H13ClN6O2S/c1-26-14-6-4-13(5-7-14)24-17(21-22-23-24)27-10-16(25)20-15-8-12(18)3-2-11(15)9-19/h2-8H,10H2,1H3,(H,20,25). The third kappa shape index (κ3) is 4.55. The molecule has 10 heteroatoms. The first-order chi connectivity index (χ1) is 13.1. The molecule has 0 saturated heterocycles. The third-order valence-electron chi connectivity index (χ3n) is 3.47. The Labute approximate surface area is 164 Å². The number of carbonyl (C=O) groups is 1. The van der Waals surface area contributed by atoms with E-state index in [1.54, 1.807) is 31.4 Å². The van der Waals surface area contributed by atoms with Gasteiger partial charge in [-0.2, -0.15) is 9.94 Å². The van der Waals surface area contributed by atoms with Gasteiger partial charge in [0, 0.05) is 5.02 Å². The van der Waals surface area contributed by atoms with Crippen molar-refractivity contribution in [3.63, 3.8) is 0 Å². The first-order valence-corrected chi connectivity index (χ1v) is 9.02. The third-order valence-corrected chi connectivity index (χ3v) is 4.62. The Balaban J connectivity index is 1.67. The lowest BCUT2D eigenvalue weighted by molar-refractivity contribution is -0.113. The summed E-state index contributed by atoms with van der Waals surface area (Å²) in [4.78, 5) is 12.2. The first kappa shape index (κ1) is 18.7. The van der Waals surface area contributed by atoms with E-state index < -0.39 is 0 Å². The summed E-state index contributed by atoms with van der Waals surface area (Å²) >= 11 is 7.09. The van der Waals surface area contributed by atoms with Gasteiger partial charge < -0.3 is 10.1 Å². The topological polar surface area (TPSA) is 106 Å². The second-order valence-electron chi connectivity index (χ2n) is 5.21. The molecule has 0 aliphatic heterocycles. The molecule has 2 aromatic carbocycles. The molecule has 0 radical (unpaired) electrons. The number of tetrazole rings is 1. The predicted molar refractivity (Wildman–Crippen MR) is 101 cm³/mol. The zero-order valence-corrected chi connectivity index (χ0v) is 15.7. The molecule has 1 heterocycles. The van der Waals surface area contributed by atoms with Gasteiger partial charge in [0.2, 0.25) is 11.1 Å². The van der Waals surface area contributed by atoms with Crippen molar-refractivity contribution in [1.82, 2.24) is 20.2 Å². The SMILES string of the molecule is COc1ccc(-n2nnnc2SCC(=O)Nc2cc(Cl)ccc2C#N)cc1. The lowest BCUT2D eigenvalue weighted by Crippen LogP contribution is -2.15. The number of ether oxygens (including phenoxy) is 1. The predicted octanol–water partition coefficient (Wildman–Crippen LogP) is 2.93. The molecular formula is C17H13ClN6O2S. The average molecular weight is 401 g/mol. The quantitative estimate of drug-likeness (QED) is 0.634. The fraction of sp³-hybridized carbons (Fsp3) is 0.118. The van der Waals surface area contributed by atoms with Crippen LogP contribution >= 0.6 is 23.4 Å². The number of carbonyl (C=O) groups excluding carboxylic acids is 1. The van der Waals surface area contributed by atoms with Crippen molar-refractivity contribution in [3.05, 3.63) is 53.1 Å². The Morgan fingerprint density at radius 1 is 1.33 bits per heavy atom. The highest BCUT2D eigenvalue weighted by Gasteiger charge is 2.13. The van der Waals surface area contributed by atoms with E-state index in [-0.39, 0.29) is 11.7 Å². The number of hydrogen-bond acceptors (Lipinski definition) is 7. The van der Waals surface area contributed by atoms with Crippen LogP contribution in [0.4, 0.5) is 5.69 Å². The Morgan fingerprint density at radius 3 is 2.81 bits per heavy atom. The van der Waals surface area contributed by atoms with E-state index in [0.29, 0.717) is 21.4 Å². The summed E-state index contributed by atoms with van der Waals surface area (Å²) in [6.45, 7) is 0. The molecule has 3 aromatic rings. The molecule has 0 spiro atoms. The fourth-order valence-electron chi connectivity index (χ4n) is 2.19. The van der Waals surface area contributed by atoms with E-state index in [2.05, 4.69) is 20.8 Å². The van der Waals surface area contributed by atoms with Gasteiger partial charge in [0.15, 0.2) is 0 Å². The van der Waals surface area contributed by atoms with Gasteiger partial charge in [-0.15, -0.1) is 5.10 Å². The van der Waals surface area contributed by atoms with Crippen molar-refractivity contribution in [1.29, 1.82) is 5.26 Å². The van der Waals surface area contributed by atoms with Gasteiger partial charge in [-0.1, -0.05) is 23.4 Å². The van der Waals surface area contributed by atoms with Crippen LogP contribution in [0.2, 0.25) is 5.02 Å². The van der Waals surface area contributed by atoms with Crippen molar-refractivity contribution in [2.75, 3.05) is 18.2 Å². The van der Waals surface area contributed by atoms with Crippen LogP contribution in [0, 0.1) is 11.3 Å². The largest absolute Gasteiger partial charge is 0.497 e. The summed E-state index contributed by atoms with van der Waals surface area (Å²) in [5, 5.41) is 24.2. The number of halogens is 1. The van der Waals surface area contributed by atoms with Crippen LogP contribution in [-0.2, 0) is 4.79 Å². The summed E-state index contributed by atoms with van der Waals surface area (Å²) in [5.74, 6) is 0.478. The number of hydrogen-bond donors (Lipinski definition) is 1. The minimum absolute atomic E-state index is 0.0634. The van der Waals surface area contributed by atoms with Gasteiger partial charge in [0.1, 0.15) is 11.8 Å². The normalized spacial score (nSPS) is 10.3. The first-order valence-electron chi connectivity index (χ1n) is 7.66.